The summed E-state index contributed by atoms with van der Waals surface area (Å²) in [6, 6.07) is 9.57. The number of aliphatic hydroxyl groups is 1. The number of aryl methyl sites for hydroxylation is 1. The highest BCUT2D eigenvalue weighted by molar-refractivity contribution is 6.46. The predicted octanol–water partition coefficient (Wildman–Crippen LogP) is 3.31. The highest BCUT2D eigenvalue weighted by Crippen LogP contribution is 2.41. The molecule has 8 nitrogen and oxygen atoms in total. The van der Waals surface area contributed by atoms with Gasteiger partial charge in [-0.3, -0.25) is 9.59 Å². The van der Waals surface area contributed by atoms with Crippen molar-refractivity contribution in [2.45, 2.75) is 19.0 Å². The highest BCUT2D eigenvalue weighted by atomic mass is 19.1. The third kappa shape index (κ3) is 4.00. The number of rotatable bonds is 6. The Morgan fingerprint density at radius 2 is 1.82 bits per heavy atom. The van der Waals surface area contributed by atoms with Crippen LogP contribution in [0.25, 0.3) is 5.76 Å². The standard InChI is InChI=1S/C25H22FN3O5/c26-18-5-2-16(3-6-18)22-21(23(30)17-4-7-19-20(14-17)34-13-12-33-19)24(31)25(32)29(22)10-1-9-28-11-8-27-15-28/h2-8,11,14-15,22,30H,1,9-10,12-13H2/t22-/m0/s1. The van der Waals surface area contributed by atoms with E-state index in [1.54, 1.807) is 30.7 Å². The quantitative estimate of drug-likeness (QED) is 0.343. The van der Waals surface area contributed by atoms with Crippen molar-refractivity contribution in [2.24, 2.45) is 0 Å². The molecule has 0 bridgehead atoms. The van der Waals surface area contributed by atoms with Crippen LogP contribution >= 0.6 is 0 Å². The zero-order chi connectivity index (χ0) is 23.7. The molecule has 1 fully saturated rings. The Hall–Kier alpha value is -4.14. The number of hydrogen-bond acceptors (Lipinski definition) is 6. The minimum atomic E-state index is -0.850. The highest BCUT2D eigenvalue weighted by Gasteiger charge is 2.45. The van der Waals surface area contributed by atoms with Crippen LogP contribution in [0.2, 0.25) is 0 Å². The molecule has 1 saturated heterocycles. The van der Waals surface area contributed by atoms with Gasteiger partial charge < -0.3 is 24.0 Å². The molecule has 0 spiro atoms. The van der Waals surface area contributed by atoms with Gasteiger partial charge in [0.05, 0.1) is 17.9 Å². The van der Waals surface area contributed by atoms with E-state index in [0.717, 1.165) is 0 Å². The zero-order valence-electron chi connectivity index (χ0n) is 18.2. The number of hydrogen-bond donors (Lipinski definition) is 1. The maximum Gasteiger partial charge on any atom is 0.295 e. The second-order valence-corrected chi connectivity index (χ2v) is 8.06. The molecule has 174 valence electrons. The smallest absolute Gasteiger partial charge is 0.295 e. The summed E-state index contributed by atoms with van der Waals surface area (Å²) in [4.78, 5) is 31.6. The van der Waals surface area contributed by atoms with Gasteiger partial charge in [-0.05, 0) is 42.3 Å². The van der Waals surface area contributed by atoms with E-state index in [9.17, 15) is 19.1 Å². The van der Waals surface area contributed by atoms with Crippen molar-refractivity contribution in [1.82, 2.24) is 14.5 Å². The van der Waals surface area contributed by atoms with E-state index in [0.29, 0.717) is 48.8 Å². The number of carbonyl (C=O) groups excluding carboxylic acids is 2. The average Bonchev–Trinajstić information content (AvgIpc) is 3.46. The van der Waals surface area contributed by atoms with Crippen molar-refractivity contribution in [3.63, 3.8) is 0 Å². The number of halogens is 1. The van der Waals surface area contributed by atoms with Crippen LogP contribution in [0.3, 0.4) is 0 Å². The van der Waals surface area contributed by atoms with Crippen LogP contribution in [0.15, 0.2) is 66.8 Å². The van der Waals surface area contributed by atoms with E-state index < -0.39 is 23.5 Å². The molecular formula is C25H22FN3O5. The molecule has 0 aliphatic carbocycles. The molecule has 1 atom stereocenters. The average molecular weight is 463 g/mol. The molecule has 0 unspecified atom stereocenters. The van der Waals surface area contributed by atoms with Crippen molar-refractivity contribution >= 4 is 17.4 Å². The van der Waals surface area contributed by atoms with Crippen LogP contribution in [0.1, 0.15) is 23.6 Å². The predicted molar refractivity (Wildman–Crippen MR) is 120 cm³/mol. The van der Waals surface area contributed by atoms with E-state index in [1.807, 2.05) is 10.8 Å². The molecule has 1 N–H and O–H groups in total. The molecule has 0 radical (unpaired) electrons. The number of aromatic nitrogens is 2. The van der Waals surface area contributed by atoms with Crippen LogP contribution < -0.4 is 9.47 Å². The Morgan fingerprint density at radius 1 is 1.06 bits per heavy atom. The van der Waals surface area contributed by atoms with Crippen molar-refractivity contribution in [3.05, 3.63) is 83.7 Å². The normalized spacial score (nSPS) is 19.0. The maximum absolute atomic E-state index is 13.6. The SMILES string of the molecule is O=C1C(=O)N(CCCn2ccnc2)[C@@H](c2ccc(F)cc2)C1=C(O)c1ccc2c(c1)OCCO2. The number of benzene rings is 2. The van der Waals surface area contributed by atoms with Gasteiger partial charge in [-0.1, -0.05) is 12.1 Å². The lowest BCUT2D eigenvalue weighted by molar-refractivity contribution is -0.139. The van der Waals surface area contributed by atoms with Crippen molar-refractivity contribution in [1.29, 1.82) is 0 Å². The van der Waals surface area contributed by atoms with Crippen LogP contribution in [0, 0.1) is 5.82 Å². The third-order valence-corrected chi connectivity index (χ3v) is 5.92. The first-order valence-corrected chi connectivity index (χ1v) is 10.9. The third-order valence-electron chi connectivity index (χ3n) is 5.92. The fraction of sp³-hybridized carbons (Fsp3) is 0.240. The minimum absolute atomic E-state index is 0.0454. The van der Waals surface area contributed by atoms with Crippen LogP contribution in [-0.4, -0.2) is 51.0 Å². The van der Waals surface area contributed by atoms with E-state index in [2.05, 4.69) is 4.98 Å². The molecule has 3 aromatic rings. The van der Waals surface area contributed by atoms with Gasteiger partial charge in [0.2, 0.25) is 0 Å². The Balaban J connectivity index is 1.53. The van der Waals surface area contributed by atoms with Gasteiger partial charge in [-0.25, -0.2) is 9.37 Å². The number of likely N-dealkylation sites (tertiary alicyclic amines) is 1. The summed E-state index contributed by atoms with van der Waals surface area (Å²) in [6.45, 7) is 1.66. The van der Waals surface area contributed by atoms with Gasteiger partial charge in [-0.2, -0.15) is 0 Å². The number of amides is 1. The lowest BCUT2D eigenvalue weighted by atomic mass is 9.95. The number of carbonyl (C=O) groups is 2. The number of ether oxygens (including phenoxy) is 2. The monoisotopic (exact) mass is 463 g/mol. The van der Waals surface area contributed by atoms with Crippen molar-refractivity contribution in [3.8, 4) is 11.5 Å². The Kier molecular flexibility index (Phi) is 5.75. The number of ketones is 1. The minimum Gasteiger partial charge on any atom is -0.507 e. The van der Waals surface area contributed by atoms with Gasteiger partial charge >= 0.3 is 0 Å². The van der Waals surface area contributed by atoms with E-state index in [1.165, 1.54) is 29.2 Å². The molecule has 0 saturated carbocycles. The largest absolute Gasteiger partial charge is 0.507 e. The lowest BCUT2D eigenvalue weighted by Gasteiger charge is -2.25. The summed E-state index contributed by atoms with van der Waals surface area (Å²) in [5.74, 6) is -1.26. The lowest BCUT2D eigenvalue weighted by Crippen LogP contribution is -2.31. The number of fused-ring (bicyclic) bond motifs is 1. The molecular weight excluding hydrogens is 441 g/mol. The summed E-state index contributed by atoms with van der Waals surface area (Å²) >= 11 is 0. The number of aliphatic hydroxyl groups excluding tert-OH is 1. The van der Waals surface area contributed by atoms with E-state index in [-0.39, 0.29) is 17.9 Å². The number of imidazole rings is 1. The van der Waals surface area contributed by atoms with Crippen molar-refractivity contribution in [2.75, 3.05) is 19.8 Å². The van der Waals surface area contributed by atoms with Crippen molar-refractivity contribution < 1.29 is 28.6 Å². The first-order chi connectivity index (χ1) is 16.5. The molecule has 1 aromatic heterocycles. The Morgan fingerprint density at radius 3 is 2.56 bits per heavy atom. The molecule has 9 heteroatoms. The molecule has 2 aromatic carbocycles. The second kappa shape index (κ2) is 9.01. The van der Waals surface area contributed by atoms with Crippen LogP contribution in [0.5, 0.6) is 11.5 Å². The second-order valence-electron chi connectivity index (χ2n) is 8.06. The molecule has 2 aliphatic heterocycles. The van der Waals surface area contributed by atoms with E-state index >= 15 is 0 Å². The Bertz CT molecular complexity index is 1250. The summed E-state index contributed by atoms with van der Waals surface area (Å²) in [5.41, 5.74) is 0.811. The number of nitrogens with zero attached hydrogens (tertiary/aromatic N) is 3. The zero-order valence-corrected chi connectivity index (χ0v) is 18.2. The first-order valence-electron chi connectivity index (χ1n) is 10.9. The molecule has 34 heavy (non-hydrogen) atoms. The topological polar surface area (TPSA) is 93.9 Å². The number of Topliss-reactive ketones (excluding diaryl/α,β-unsaturated/α-hetero) is 1. The fourth-order valence-electron chi connectivity index (χ4n) is 4.29. The fourth-order valence-corrected chi connectivity index (χ4v) is 4.29. The summed E-state index contributed by atoms with van der Waals surface area (Å²) in [7, 11) is 0. The van der Waals surface area contributed by atoms with Gasteiger partial charge in [-0.15, -0.1) is 0 Å². The van der Waals surface area contributed by atoms with Gasteiger partial charge in [0, 0.05) is 31.0 Å². The first kappa shape index (κ1) is 21.7. The molecule has 5 rings (SSSR count). The summed E-state index contributed by atoms with van der Waals surface area (Å²) in [5, 5.41) is 11.2. The van der Waals surface area contributed by atoms with Gasteiger partial charge in [0.1, 0.15) is 24.8 Å². The maximum atomic E-state index is 13.6. The van der Waals surface area contributed by atoms with Crippen LogP contribution in [0.4, 0.5) is 4.39 Å². The van der Waals surface area contributed by atoms with Gasteiger partial charge in [0.25, 0.3) is 11.7 Å². The Labute approximate surface area is 194 Å². The molecule has 1 amide bonds. The molecule has 3 heterocycles. The molecule has 2 aliphatic rings. The van der Waals surface area contributed by atoms with Gasteiger partial charge in [0.15, 0.2) is 11.5 Å². The van der Waals surface area contributed by atoms with E-state index in [4.69, 9.17) is 9.47 Å². The summed E-state index contributed by atoms with van der Waals surface area (Å²) in [6.07, 6.45) is 5.71. The summed E-state index contributed by atoms with van der Waals surface area (Å²) < 4.78 is 26.6. The van der Waals surface area contributed by atoms with Crippen LogP contribution in [-0.2, 0) is 16.1 Å².